The molecular weight excluding hydrogens is 940 g/mol. The number of halogens is 2. The molecule has 8 rings (SSSR count). The molecule has 0 fully saturated rings. The fourth-order valence-electron chi connectivity index (χ4n) is 7.62. The molecule has 0 unspecified atom stereocenters. The lowest BCUT2D eigenvalue weighted by atomic mass is 9.85. The molecule has 0 atom stereocenters. The molecule has 0 aliphatic carbocycles. The second kappa shape index (κ2) is 28.0. The zero-order valence-electron chi connectivity index (χ0n) is 39.4. The lowest BCUT2D eigenvalue weighted by Crippen LogP contribution is -1.98. The van der Waals surface area contributed by atoms with Gasteiger partial charge in [0, 0.05) is 12.4 Å². The minimum Gasteiger partial charge on any atom is -0.388 e. The zero-order valence-corrected chi connectivity index (χ0v) is 40.9. The Bertz CT molecular complexity index is 3120. The van der Waals surface area contributed by atoms with Crippen molar-refractivity contribution in [1.82, 2.24) is 0 Å². The maximum Gasteiger partial charge on any atom is 0.174 e. The van der Waals surface area contributed by atoms with Crippen LogP contribution in [0.4, 0.5) is 0 Å². The summed E-state index contributed by atoms with van der Waals surface area (Å²) < 4.78 is 0. The molecule has 4 N–H and O–H groups in total. The number of nitrogens with zero attached hydrogens (tertiary/aromatic N) is 6. The van der Waals surface area contributed by atoms with Crippen LogP contribution in [-0.4, -0.2) is 17.8 Å². The summed E-state index contributed by atoms with van der Waals surface area (Å²) >= 11 is 9.53. The second-order valence-corrected chi connectivity index (χ2v) is 16.3. The van der Waals surface area contributed by atoms with Gasteiger partial charge in [0.1, 0.15) is 35.7 Å². The topological polar surface area (TPSA) is 172 Å². The molecule has 0 aromatic heterocycles. The number of nitrogens with two attached hydrogens (primary N) is 2. The number of benzene rings is 8. The first-order valence-corrected chi connectivity index (χ1v) is 23.7. The first kappa shape index (κ1) is 52.6. The molecule has 0 aliphatic heterocycles. The number of alkyl halides is 2. The summed E-state index contributed by atoms with van der Waals surface area (Å²) in [6, 6.07) is 85.3. The van der Waals surface area contributed by atoms with Gasteiger partial charge in [-0.25, -0.2) is 9.98 Å². The van der Waals surface area contributed by atoms with Gasteiger partial charge in [-0.2, -0.15) is 21.0 Å². The SMILES string of the molecule is ClCCl.N#C/C(N)=C(\C#N)N=Cc1ccc(C(=C(c2ccccc2)c2ccccc2)c2ccccc2)cc1.N#C/C(N)=C(\C#N)N=Cc1ccc(C(=C(c2ccccc2)c2ccccc2)c2ccccc2)cc1. The molecule has 8 aromatic rings. The Morgan fingerprint density at radius 3 is 0.699 bits per heavy atom. The highest BCUT2D eigenvalue weighted by Gasteiger charge is 2.18. The van der Waals surface area contributed by atoms with Crippen LogP contribution in [0.5, 0.6) is 0 Å². The van der Waals surface area contributed by atoms with E-state index in [4.69, 9.17) is 55.7 Å². The Labute approximate surface area is 436 Å². The van der Waals surface area contributed by atoms with E-state index < -0.39 is 0 Å². The highest BCUT2D eigenvalue weighted by molar-refractivity contribution is 6.40. The maximum atomic E-state index is 9.17. The number of allylic oxidation sites excluding steroid dienone is 4. The fourth-order valence-corrected chi connectivity index (χ4v) is 7.62. The van der Waals surface area contributed by atoms with Crippen molar-refractivity contribution in [1.29, 1.82) is 21.0 Å². The number of hydrogen-bond acceptors (Lipinski definition) is 8. The van der Waals surface area contributed by atoms with E-state index in [-0.39, 0.29) is 28.1 Å². The van der Waals surface area contributed by atoms with Crippen LogP contribution in [0.15, 0.2) is 263 Å². The van der Waals surface area contributed by atoms with Crippen LogP contribution in [0, 0.1) is 45.3 Å². The van der Waals surface area contributed by atoms with Crippen molar-refractivity contribution in [3.05, 3.63) is 309 Å². The van der Waals surface area contributed by atoms with Gasteiger partial charge in [-0.05, 0) is 77.9 Å². The molecule has 8 nitrogen and oxygen atoms in total. The van der Waals surface area contributed by atoms with Gasteiger partial charge in [-0.3, -0.25) is 0 Å². The lowest BCUT2D eigenvalue weighted by molar-refractivity contribution is 1.27. The third-order valence-electron chi connectivity index (χ3n) is 10.9. The highest BCUT2D eigenvalue weighted by atomic mass is 35.5. The quantitative estimate of drug-likeness (QED) is 0.0534. The summed E-state index contributed by atoms with van der Waals surface area (Å²) in [6.45, 7) is 0. The van der Waals surface area contributed by atoms with Crippen LogP contribution < -0.4 is 11.5 Å². The van der Waals surface area contributed by atoms with E-state index >= 15 is 0 Å². The highest BCUT2D eigenvalue weighted by Crippen LogP contribution is 2.38. The van der Waals surface area contributed by atoms with E-state index in [0.717, 1.165) is 77.9 Å². The number of hydrogen-bond donors (Lipinski definition) is 2. The maximum absolute atomic E-state index is 9.17. The summed E-state index contributed by atoms with van der Waals surface area (Å²) in [5.41, 5.74) is 25.3. The van der Waals surface area contributed by atoms with Crippen LogP contribution in [0.2, 0.25) is 0 Å². The number of aliphatic imine (C=N–C) groups is 2. The summed E-state index contributed by atoms with van der Waals surface area (Å²) in [6.07, 6.45) is 3.07. The summed E-state index contributed by atoms with van der Waals surface area (Å²) in [4.78, 5) is 8.16. The Balaban J connectivity index is 0.000000226. The molecule has 8 aromatic carbocycles. The summed E-state index contributed by atoms with van der Waals surface area (Å²) in [5.74, 6) is 0. The molecule has 73 heavy (non-hydrogen) atoms. The van der Waals surface area contributed by atoms with Crippen LogP contribution in [0.3, 0.4) is 0 Å². The second-order valence-electron chi connectivity index (χ2n) is 15.5. The van der Waals surface area contributed by atoms with E-state index in [0.29, 0.717) is 0 Å². The molecule has 352 valence electrons. The van der Waals surface area contributed by atoms with Gasteiger partial charge >= 0.3 is 0 Å². The van der Waals surface area contributed by atoms with Crippen LogP contribution in [0.1, 0.15) is 55.6 Å². The zero-order chi connectivity index (χ0) is 51.6. The Morgan fingerprint density at radius 1 is 0.329 bits per heavy atom. The van der Waals surface area contributed by atoms with Crippen molar-refractivity contribution >= 4 is 57.9 Å². The van der Waals surface area contributed by atoms with Gasteiger partial charge in [-0.1, -0.05) is 231 Å². The molecule has 0 saturated heterocycles. The van der Waals surface area contributed by atoms with Crippen molar-refractivity contribution in [3.63, 3.8) is 0 Å². The van der Waals surface area contributed by atoms with Crippen molar-refractivity contribution in [3.8, 4) is 24.3 Å². The van der Waals surface area contributed by atoms with E-state index in [1.54, 1.807) is 12.1 Å². The molecule has 0 bridgehead atoms. The minimum absolute atomic E-state index is 0.100. The number of nitriles is 4. The first-order chi connectivity index (χ1) is 35.8. The first-order valence-electron chi connectivity index (χ1n) is 22.7. The lowest BCUT2D eigenvalue weighted by Gasteiger charge is -2.18. The molecule has 0 saturated carbocycles. The van der Waals surface area contributed by atoms with E-state index in [1.807, 2.05) is 170 Å². The van der Waals surface area contributed by atoms with Crippen molar-refractivity contribution < 1.29 is 0 Å². The van der Waals surface area contributed by atoms with E-state index in [9.17, 15) is 0 Å². The Morgan fingerprint density at radius 2 is 0.521 bits per heavy atom. The molecule has 0 heterocycles. The predicted octanol–water partition coefficient (Wildman–Crippen LogP) is 14.1. The normalized spacial score (nSPS) is 11.0. The minimum atomic E-state index is -0.204. The van der Waals surface area contributed by atoms with Gasteiger partial charge in [0.15, 0.2) is 11.4 Å². The van der Waals surface area contributed by atoms with Crippen molar-refractivity contribution in [2.24, 2.45) is 21.5 Å². The molecule has 0 amide bonds. The standard InChI is InChI=1S/2C31H22N4.CH2Cl2/c2*32-20-28(34)29(21-33)35-22-23-16-18-27(19-17-23)31(26-14-8-3-9-15-26)30(24-10-4-1-5-11-24)25-12-6-2-7-13-25;2-1-3/h2*1-19,22H,34H2;1H2/b2*29-28-,35-22?;. The monoisotopic (exact) mass is 984 g/mol. The van der Waals surface area contributed by atoms with E-state index in [2.05, 4.69) is 82.8 Å². The molecule has 0 radical (unpaired) electrons. The molecular formula is C63H46Cl2N8. The van der Waals surface area contributed by atoms with Crippen molar-refractivity contribution in [2.75, 3.05) is 5.34 Å². The van der Waals surface area contributed by atoms with Crippen molar-refractivity contribution in [2.45, 2.75) is 0 Å². The van der Waals surface area contributed by atoms with Gasteiger partial charge in [-0.15, -0.1) is 23.2 Å². The van der Waals surface area contributed by atoms with Crippen LogP contribution in [-0.2, 0) is 0 Å². The molecule has 10 heteroatoms. The van der Waals surface area contributed by atoms with Crippen LogP contribution in [0.25, 0.3) is 22.3 Å². The largest absolute Gasteiger partial charge is 0.388 e. The third kappa shape index (κ3) is 14.6. The number of rotatable bonds is 12. The Hall–Kier alpha value is -9.80. The smallest absolute Gasteiger partial charge is 0.174 e. The van der Waals surface area contributed by atoms with Crippen LogP contribution >= 0.6 is 23.2 Å². The fraction of sp³-hybridized carbons (Fsp3) is 0.0159. The molecule has 0 spiro atoms. The average molecular weight is 986 g/mol. The van der Waals surface area contributed by atoms with Gasteiger partial charge in [0.25, 0.3) is 0 Å². The molecule has 0 aliphatic rings. The average Bonchev–Trinajstić information content (AvgIpc) is 3.46. The summed E-state index contributed by atoms with van der Waals surface area (Å²) in [7, 11) is 0. The summed E-state index contributed by atoms with van der Waals surface area (Å²) in [5, 5.41) is 36.4. The Kier molecular flexibility index (Phi) is 20.2. The van der Waals surface area contributed by atoms with E-state index in [1.165, 1.54) is 12.4 Å². The van der Waals surface area contributed by atoms with Gasteiger partial charge in [0.05, 0.1) is 5.34 Å². The third-order valence-corrected chi connectivity index (χ3v) is 10.9. The predicted molar refractivity (Wildman–Crippen MR) is 298 cm³/mol. The van der Waals surface area contributed by atoms with Gasteiger partial charge < -0.3 is 11.5 Å². The van der Waals surface area contributed by atoms with Gasteiger partial charge in [0.2, 0.25) is 0 Å².